The van der Waals surface area contributed by atoms with Gasteiger partial charge in [0.1, 0.15) is 5.82 Å². The van der Waals surface area contributed by atoms with Gasteiger partial charge in [-0.2, -0.15) is 13.2 Å². The van der Waals surface area contributed by atoms with Crippen molar-refractivity contribution in [3.63, 3.8) is 0 Å². The number of carbonyl (C=O) groups is 3. The summed E-state index contributed by atoms with van der Waals surface area (Å²) in [5.74, 6) is -1.61. The van der Waals surface area contributed by atoms with Gasteiger partial charge in [0.25, 0.3) is 5.91 Å². The molecule has 210 valence electrons. The minimum Gasteiger partial charge on any atom is -0.343 e. The third kappa shape index (κ3) is 6.62. The average Bonchev–Trinajstić information content (AvgIpc) is 2.91. The maximum absolute atomic E-state index is 13.7. The molecule has 0 aromatic heterocycles. The maximum Gasteiger partial charge on any atom is 0.416 e. The first kappa shape index (κ1) is 29.0. The zero-order valence-electron chi connectivity index (χ0n) is 21.7. The molecule has 0 saturated carbocycles. The molecule has 0 bridgehead atoms. The number of amides is 3. The molecular formula is C28H30BrF4N3O3. The SMILES string of the molecule is CC(=O)N1CCC(C(=O)N2CCC(N(C)C(=O)c3cc(Br)cc(C(F)(F)F)c3)C(c3ccc(F)cc3)C2)CC1. The number of rotatable bonds is 4. The van der Waals surface area contributed by atoms with Crippen molar-refractivity contribution in [1.29, 1.82) is 0 Å². The van der Waals surface area contributed by atoms with Gasteiger partial charge in [0.15, 0.2) is 0 Å². The maximum atomic E-state index is 13.7. The Morgan fingerprint density at radius 2 is 1.56 bits per heavy atom. The highest BCUT2D eigenvalue weighted by Crippen LogP contribution is 2.35. The van der Waals surface area contributed by atoms with E-state index in [9.17, 15) is 31.9 Å². The van der Waals surface area contributed by atoms with Crippen LogP contribution in [0.25, 0.3) is 0 Å². The second-order valence-corrected chi connectivity index (χ2v) is 11.1. The molecule has 2 heterocycles. The van der Waals surface area contributed by atoms with Gasteiger partial charge >= 0.3 is 6.18 Å². The highest BCUT2D eigenvalue weighted by Gasteiger charge is 2.39. The summed E-state index contributed by atoms with van der Waals surface area (Å²) >= 11 is 3.08. The number of carbonyl (C=O) groups excluding carboxylic acids is 3. The van der Waals surface area contributed by atoms with Crippen LogP contribution in [0, 0.1) is 11.7 Å². The summed E-state index contributed by atoms with van der Waals surface area (Å²) in [4.78, 5) is 43.4. The number of likely N-dealkylation sites (tertiary alicyclic amines) is 2. The number of benzene rings is 2. The zero-order chi connectivity index (χ0) is 28.5. The van der Waals surface area contributed by atoms with Crippen molar-refractivity contribution in [2.45, 2.75) is 44.3 Å². The predicted octanol–water partition coefficient (Wildman–Crippen LogP) is 5.32. The summed E-state index contributed by atoms with van der Waals surface area (Å²) in [6, 6.07) is 8.54. The number of likely N-dealkylation sites (N-methyl/N-ethyl adjacent to an activating group) is 1. The molecule has 2 aliphatic rings. The lowest BCUT2D eigenvalue weighted by atomic mass is 9.83. The fourth-order valence-electron chi connectivity index (χ4n) is 5.57. The van der Waals surface area contributed by atoms with Crippen LogP contribution < -0.4 is 0 Å². The van der Waals surface area contributed by atoms with Crippen LogP contribution in [0.3, 0.4) is 0 Å². The van der Waals surface area contributed by atoms with E-state index in [4.69, 9.17) is 0 Å². The molecule has 3 amide bonds. The van der Waals surface area contributed by atoms with Crippen LogP contribution >= 0.6 is 15.9 Å². The Kier molecular flexibility index (Phi) is 8.68. The molecule has 0 radical (unpaired) electrons. The highest BCUT2D eigenvalue weighted by atomic mass is 79.9. The average molecular weight is 612 g/mol. The van der Waals surface area contributed by atoms with Gasteiger partial charge in [-0.05, 0) is 55.2 Å². The number of hydrogen-bond acceptors (Lipinski definition) is 3. The van der Waals surface area contributed by atoms with Gasteiger partial charge in [-0.1, -0.05) is 28.1 Å². The summed E-state index contributed by atoms with van der Waals surface area (Å²) in [6.45, 7) is 3.21. The zero-order valence-corrected chi connectivity index (χ0v) is 23.3. The first-order valence-electron chi connectivity index (χ1n) is 12.8. The second-order valence-electron chi connectivity index (χ2n) is 10.2. The summed E-state index contributed by atoms with van der Waals surface area (Å²) in [5, 5.41) is 0. The number of alkyl halides is 3. The van der Waals surface area contributed by atoms with Gasteiger partial charge in [-0.3, -0.25) is 14.4 Å². The van der Waals surface area contributed by atoms with Crippen molar-refractivity contribution in [1.82, 2.24) is 14.7 Å². The topological polar surface area (TPSA) is 60.9 Å². The Labute approximate surface area is 233 Å². The lowest BCUT2D eigenvalue weighted by Gasteiger charge is -2.44. The van der Waals surface area contributed by atoms with Crippen LogP contribution in [0.1, 0.15) is 53.6 Å². The van der Waals surface area contributed by atoms with Crippen molar-refractivity contribution in [2.24, 2.45) is 5.92 Å². The lowest BCUT2D eigenvalue weighted by molar-refractivity contribution is -0.141. The van der Waals surface area contributed by atoms with E-state index in [1.807, 2.05) is 0 Å². The summed E-state index contributed by atoms with van der Waals surface area (Å²) in [7, 11) is 1.55. The van der Waals surface area contributed by atoms with Crippen LogP contribution in [0.2, 0.25) is 0 Å². The molecule has 0 spiro atoms. The first-order chi connectivity index (χ1) is 18.3. The molecule has 2 aliphatic heterocycles. The lowest BCUT2D eigenvalue weighted by Crippen LogP contribution is -2.53. The van der Waals surface area contributed by atoms with E-state index in [0.717, 1.165) is 17.7 Å². The van der Waals surface area contributed by atoms with Gasteiger partial charge in [-0.15, -0.1) is 0 Å². The molecular weight excluding hydrogens is 582 g/mol. The van der Waals surface area contributed by atoms with Crippen LogP contribution in [0.4, 0.5) is 17.6 Å². The molecule has 0 aliphatic carbocycles. The molecule has 2 aromatic carbocycles. The largest absolute Gasteiger partial charge is 0.416 e. The quantitative estimate of drug-likeness (QED) is 0.440. The Balaban J connectivity index is 1.56. The number of nitrogens with zero attached hydrogens (tertiary/aromatic N) is 3. The molecule has 2 fully saturated rings. The first-order valence-corrected chi connectivity index (χ1v) is 13.6. The molecule has 2 unspecified atom stereocenters. The van der Waals surface area contributed by atoms with E-state index in [2.05, 4.69) is 15.9 Å². The van der Waals surface area contributed by atoms with E-state index in [1.54, 1.807) is 29.0 Å². The van der Waals surface area contributed by atoms with Crippen LogP contribution in [-0.4, -0.2) is 71.7 Å². The Morgan fingerprint density at radius 1 is 0.949 bits per heavy atom. The number of piperidine rings is 2. The highest BCUT2D eigenvalue weighted by molar-refractivity contribution is 9.10. The van der Waals surface area contributed by atoms with E-state index >= 15 is 0 Å². The van der Waals surface area contributed by atoms with Gasteiger partial charge < -0.3 is 14.7 Å². The number of halogens is 5. The normalized spacial score (nSPS) is 20.6. The Bertz CT molecular complexity index is 1230. The van der Waals surface area contributed by atoms with E-state index in [1.165, 1.54) is 30.0 Å². The predicted molar refractivity (Wildman–Crippen MR) is 140 cm³/mol. The molecule has 0 N–H and O–H groups in total. The minimum atomic E-state index is -4.61. The second kappa shape index (κ2) is 11.7. The fourth-order valence-corrected chi connectivity index (χ4v) is 6.06. The molecule has 4 rings (SSSR count). The molecule has 2 saturated heterocycles. The Hall–Kier alpha value is -2.95. The van der Waals surface area contributed by atoms with Gasteiger partial charge in [-0.25, -0.2) is 4.39 Å². The van der Waals surface area contributed by atoms with Crippen LogP contribution in [-0.2, 0) is 15.8 Å². The monoisotopic (exact) mass is 611 g/mol. The van der Waals surface area contributed by atoms with Gasteiger partial charge in [0, 0.05) is 68.1 Å². The molecule has 11 heteroatoms. The summed E-state index contributed by atoms with van der Waals surface area (Å²) in [5.41, 5.74) is -0.303. The molecule has 2 atom stereocenters. The molecule has 6 nitrogen and oxygen atoms in total. The summed E-state index contributed by atoms with van der Waals surface area (Å²) in [6.07, 6.45) is -3.06. The van der Waals surface area contributed by atoms with Crippen molar-refractivity contribution in [2.75, 3.05) is 33.2 Å². The summed E-state index contributed by atoms with van der Waals surface area (Å²) < 4.78 is 54.0. The third-order valence-corrected chi connectivity index (χ3v) is 8.22. The Morgan fingerprint density at radius 3 is 2.15 bits per heavy atom. The molecule has 2 aromatic rings. The minimum absolute atomic E-state index is 0.0143. The van der Waals surface area contributed by atoms with Crippen LogP contribution in [0.5, 0.6) is 0 Å². The smallest absolute Gasteiger partial charge is 0.343 e. The van der Waals surface area contributed by atoms with Gasteiger partial charge in [0.05, 0.1) is 5.56 Å². The van der Waals surface area contributed by atoms with E-state index in [0.29, 0.717) is 38.9 Å². The molecule has 39 heavy (non-hydrogen) atoms. The van der Waals surface area contributed by atoms with Crippen molar-refractivity contribution in [3.05, 3.63) is 69.4 Å². The van der Waals surface area contributed by atoms with Crippen molar-refractivity contribution in [3.8, 4) is 0 Å². The van der Waals surface area contributed by atoms with Crippen LogP contribution in [0.15, 0.2) is 46.9 Å². The number of hydrogen-bond donors (Lipinski definition) is 0. The van der Waals surface area contributed by atoms with Crippen molar-refractivity contribution < 1.29 is 31.9 Å². The van der Waals surface area contributed by atoms with E-state index < -0.39 is 29.5 Å². The standard InChI is InChI=1S/C28H30BrF4N3O3/c1-17(37)35-10-7-19(8-11-35)27(39)36-12-9-25(24(16-36)18-3-5-23(30)6-4-18)34(2)26(38)20-13-21(28(31,32)33)15-22(29)14-20/h3-6,13-15,19,24-25H,7-12,16H2,1-2H3. The van der Waals surface area contributed by atoms with Crippen molar-refractivity contribution >= 4 is 33.7 Å². The third-order valence-electron chi connectivity index (χ3n) is 7.77. The van der Waals surface area contributed by atoms with Gasteiger partial charge in [0.2, 0.25) is 11.8 Å². The van der Waals surface area contributed by atoms with E-state index in [-0.39, 0.29) is 40.2 Å². The fraction of sp³-hybridized carbons (Fsp3) is 0.464.